The summed E-state index contributed by atoms with van der Waals surface area (Å²) < 4.78 is 5.34. The van der Waals surface area contributed by atoms with Crippen LogP contribution in [0, 0.1) is 5.92 Å². The number of amides is 1. The van der Waals surface area contributed by atoms with Gasteiger partial charge in [-0.1, -0.05) is 12.1 Å². The van der Waals surface area contributed by atoms with Gasteiger partial charge in [0.1, 0.15) is 6.10 Å². The van der Waals surface area contributed by atoms with Gasteiger partial charge in [-0.05, 0) is 12.1 Å². The average Bonchev–Trinajstić information content (AvgIpc) is 2.26. The van der Waals surface area contributed by atoms with Crippen molar-refractivity contribution in [1.82, 2.24) is 9.97 Å². The van der Waals surface area contributed by atoms with Gasteiger partial charge in [0.05, 0.1) is 35.4 Å². The maximum Gasteiger partial charge on any atom is 0.225 e. The Hall–Kier alpha value is -2.01. The maximum absolute atomic E-state index is 11.1. The van der Waals surface area contributed by atoms with Crippen molar-refractivity contribution < 1.29 is 9.53 Å². The van der Waals surface area contributed by atoms with Crippen molar-refractivity contribution in [3.8, 4) is 0 Å². The molecule has 17 heavy (non-hydrogen) atoms. The normalized spacial score (nSPS) is 23.3. The third-order valence-corrected chi connectivity index (χ3v) is 2.94. The lowest BCUT2D eigenvalue weighted by Gasteiger charge is -2.33. The summed E-state index contributed by atoms with van der Waals surface area (Å²) in [5.74, 6) is -0.637. The van der Waals surface area contributed by atoms with Crippen molar-refractivity contribution in [3.05, 3.63) is 36.2 Å². The van der Waals surface area contributed by atoms with Gasteiger partial charge in [-0.25, -0.2) is 4.98 Å². The molecule has 0 aliphatic carbocycles. The highest BCUT2D eigenvalue weighted by molar-refractivity contribution is 5.79. The number of carbonyl (C=O) groups excluding carboxylic acids is 1. The summed E-state index contributed by atoms with van der Waals surface area (Å²) in [6.07, 6.45) is 1.30. The Kier molecular flexibility index (Phi) is 2.26. The number of ether oxygens (including phenoxy) is 1. The number of carbonyl (C=O) groups is 1. The van der Waals surface area contributed by atoms with Gasteiger partial charge in [0.2, 0.25) is 5.91 Å². The molecule has 5 heteroatoms. The van der Waals surface area contributed by atoms with E-state index in [1.54, 1.807) is 6.20 Å². The monoisotopic (exact) mass is 229 g/mol. The Morgan fingerprint density at radius 3 is 2.76 bits per heavy atom. The number of benzene rings is 1. The van der Waals surface area contributed by atoms with Crippen molar-refractivity contribution in [1.29, 1.82) is 0 Å². The first-order valence-corrected chi connectivity index (χ1v) is 5.38. The minimum Gasteiger partial charge on any atom is -0.370 e. The molecule has 0 saturated carbocycles. The molecule has 1 aliphatic rings. The number of primary amides is 1. The van der Waals surface area contributed by atoms with E-state index in [9.17, 15) is 4.79 Å². The van der Waals surface area contributed by atoms with Gasteiger partial charge in [0.25, 0.3) is 0 Å². The van der Waals surface area contributed by atoms with Crippen LogP contribution in [0.1, 0.15) is 11.8 Å². The zero-order chi connectivity index (χ0) is 11.8. The van der Waals surface area contributed by atoms with E-state index in [0.717, 1.165) is 11.0 Å². The Bertz CT molecular complexity index is 585. The fourth-order valence-corrected chi connectivity index (χ4v) is 1.92. The second-order valence-electron chi connectivity index (χ2n) is 4.05. The molecule has 1 aromatic carbocycles. The lowest BCUT2D eigenvalue weighted by molar-refractivity contribution is -0.155. The van der Waals surface area contributed by atoms with E-state index >= 15 is 0 Å². The summed E-state index contributed by atoms with van der Waals surface area (Å²) in [7, 11) is 0. The van der Waals surface area contributed by atoms with E-state index in [0.29, 0.717) is 12.3 Å². The van der Waals surface area contributed by atoms with E-state index in [2.05, 4.69) is 9.97 Å². The van der Waals surface area contributed by atoms with Crippen LogP contribution in [0.4, 0.5) is 0 Å². The van der Waals surface area contributed by atoms with E-state index in [1.807, 2.05) is 24.3 Å². The SMILES string of the molecule is NC(=O)C1COC1c1cnc2ccccc2n1. The van der Waals surface area contributed by atoms with Gasteiger partial charge >= 0.3 is 0 Å². The standard InChI is InChI=1S/C12H11N3O2/c13-12(16)7-6-17-11(7)10-5-14-8-3-1-2-4-9(8)15-10/h1-5,7,11H,6H2,(H2,13,16). The van der Waals surface area contributed by atoms with E-state index in [4.69, 9.17) is 10.5 Å². The molecule has 1 amide bonds. The zero-order valence-corrected chi connectivity index (χ0v) is 9.04. The highest BCUT2D eigenvalue weighted by atomic mass is 16.5. The largest absolute Gasteiger partial charge is 0.370 e. The molecule has 0 spiro atoms. The summed E-state index contributed by atoms with van der Waals surface area (Å²) in [6.45, 7) is 0.370. The molecule has 1 aromatic heterocycles. The number of rotatable bonds is 2. The molecule has 1 aliphatic heterocycles. The van der Waals surface area contributed by atoms with Gasteiger partial charge in [-0.3, -0.25) is 9.78 Å². The van der Waals surface area contributed by atoms with Gasteiger partial charge in [-0.15, -0.1) is 0 Å². The molecule has 5 nitrogen and oxygen atoms in total. The number of para-hydroxylation sites is 2. The third kappa shape index (κ3) is 1.64. The molecule has 1 saturated heterocycles. The fraction of sp³-hybridized carbons (Fsp3) is 0.250. The van der Waals surface area contributed by atoms with Gasteiger partial charge < -0.3 is 10.5 Å². The van der Waals surface area contributed by atoms with Gasteiger partial charge in [0, 0.05) is 0 Å². The quantitative estimate of drug-likeness (QED) is 0.826. The highest BCUT2D eigenvalue weighted by Gasteiger charge is 2.39. The lowest BCUT2D eigenvalue weighted by atomic mass is 9.95. The van der Waals surface area contributed by atoms with Crippen molar-refractivity contribution in [2.45, 2.75) is 6.10 Å². The fourth-order valence-electron chi connectivity index (χ4n) is 1.92. The summed E-state index contributed by atoms with van der Waals surface area (Å²) in [6, 6.07) is 7.57. The van der Waals surface area contributed by atoms with Gasteiger partial charge in [0.15, 0.2) is 0 Å². The molecule has 2 heterocycles. The summed E-state index contributed by atoms with van der Waals surface area (Å²) in [5.41, 5.74) is 7.56. The number of fused-ring (bicyclic) bond motifs is 1. The third-order valence-electron chi connectivity index (χ3n) is 2.94. The van der Waals surface area contributed by atoms with Crippen LogP contribution in [0.5, 0.6) is 0 Å². The number of nitrogens with zero attached hydrogens (tertiary/aromatic N) is 2. The molecule has 0 bridgehead atoms. The number of aromatic nitrogens is 2. The maximum atomic E-state index is 11.1. The van der Waals surface area contributed by atoms with Crippen LogP contribution in [0.2, 0.25) is 0 Å². The molecule has 86 valence electrons. The average molecular weight is 229 g/mol. The molecule has 2 N–H and O–H groups in total. The van der Waals surface area contributed by atoms with Crippen LogP contribution in [-0.2, 0) is 9.53 Å². The minimum absolute atomic E-state index is 0.287. The number of hydrogen-bond donors (Lipinski definition) is 1. The highest BCUT2D eigenvalue weighted by Crippen LogP contribution is 2.34. The molecular formula is C12H11N3O2. The number of hydrogen-bond acceptors (Lipinski definition) is 4. The molecule has 3 rings (SSSR count). The first-order valence-electron chi connectivity index (χ1n) is 5.38. The van der Waals surface area contributed by atoms with Crippen LogP contribution in [-0.4, -0.2) is 22.5 Å². The Morgan fingerprint density at radius 2 is 2.12 bits per heavy atom. The Labute approximate surface area is 97.6 Å². The molecule has 2 atom stereocenters. The topological polar surface area (TPSA) is 78.1 Å². The van der Waals surface area contributed by atoms with Crippen LogP contribution in [0.25, 0.3) is 11.0 Å². The minimum atomic E-state index is -0.351. The molecule has 1 fully saturated rings. The molecule has 0 radical (unpaired) electrons. The van der Waals surface area contributed by atoms with Crippen LogP contribution in [0.15, 0.2) is 30.5 Å². The van der Waals surface area contributed by atoms with E-state index in [-0.39, 0.29) is 17.9 Å². The van der Waals surface area contributed by atoms with E-state index in [1.165, 1.54) is 0 Å². The Balaban J connectivity index is 1.98. The predicted octanol–water partition coefficient (Wildman–Crippen LogP) is 0.803. The molecule has 2 unspecified atom stereocenters. The van der Waals surface area contributed by atoms with Crippen LogP contribution < -0.4 is 5.73 Å². The van der Waals surface area contributed by atoms with Crippen molar-refractivity contribution in [2.24, 2.45) is 11.7 Å². The summed E-state index contributed by atoms with van der Waals surface area (Å²) in [5, 5.41) is 0. The second kappa shape index (κ2) is 3.78. The second-order valence-corrected chi connectivity index (χ2v) is 4.05. The smallest absolute Gasteiger partial charge is 0.225 e. The van der Waals surface area contributed by atoms with Crippen molar-refractivity contribution in [2.75, 3.05) is 6.61 Å². The molecular weight excluding hydrogens is 218 g/mol. The first kappa shape index (κ1) is 10.2. The van der Waals surface area contributed by atoms with Gasteiger partial charge in [-0.2, -0.15) is 0 Å². The summed E-state index contributed by atoms with van der Waals surface area (Å²) in [4.78, 5) is 19.8. The van der Waals surface area contributed by atoms with E-state index < -0.39 is 0 Å². The number of nitrogens with two attached hydrogens (primary N) is 1. The lowest BCUT2D eigenvalue weighted by Crippen LogP contribution is -2.42. The van der Waals surface area contributed by atoms with Crippen molar-refractivity contribution >= 4 is 16.9 Å². The first-order chi connectivity index (χ1) is 8.25. The van der Waals surface area contributed by atoms with Crippen molar-refractivity contribution in [3.63, 3.8) is 0 Å². The zero-order valence-electron chi connectivity index (χ0n) is 9.04. The van der Waals surface area contributed by atoms with Crippen LogP contribution in [0.3, 0.4) is 0 Å². The summed E-state index contributed by atoms with van der Waals surface area (Å²) >= 11 is 0. The predicted molar refractivity (Wildman–Crippen MR) is 60.9 cm³/mol. The molecule has 2 aromatic rings. The van der Waals surface area contributed by atoms with Crippen LogP contribution >= 0.6 is 0 Å². The Morgan fingerprint density at radius 1 is 1.35 bits per heavy atom.